The number of methoxy groups -OCH3 is 1. The maximum absolute atomic E-state index is 12.5. The van der Waals surface area contributed by atoms with E-state index in [9.17, 15) is 4.79 Å². The number of amides is 1. The Labute approximate surface area is 215 Å². The van der Waals surface area contributed by atoms with E-state index in [1.807, 2.05) is 31.2 Å². The van der Waals surface area contributed by atoms with Crippen LogP contribution < -0.4 is 18.9 Å². The number of rotatable bonds is 11. The van der Waals surface area contributed by atoms with E-state index in [4.69, 9.17) is 29.2 Å². The quantitative estimate of drug-likeness (QED) is 0.269. The maximum atomic E-state index is 12.5. The molecule has 1 amide bonds. The molecule has 2 aliphatic heterocycles. The molecule has 0 bridgehead atoms. The van der Waals surface area contributed by atoms with E-state index in [2.05, 4.69) is 11.6 Å². The van der Waals surface area contributed by atoms with Gasteiger partial charge < -0.3 is 23.8 Å². The molecule has 0 fully saturated rings. The Kier molecular flexibility index (Phi) is 7.92. The van der Waals surface area contributed by atoms with E-state index in [0.29, 0.717) is 53.4 Å². The first kappa shape index (κ1) is 25.6. The fourth-order valence-electron chi connectivity index (χ4n) is 3.80. The second-order valence-corrected chi connectivity index (χ2v) is 8.14. The zero-order chi connectivity index (χ0) is 26.4. The molecule has 9 heteroatoms. The van der Waals surface area contributed by atoms with Gasteiger partial charge in [0.05, 0.1) is 19.3 Å². The molecule has 0 atom stereocenters. The Hall–Kier alpha value is -4.53. The van der Waals surface area contributed by atoms with Crippen LogP contribution in [0, 0.1) is 5.41 Å². The molecule has 2 aromatic carbocycles. The fraction of sp³-hybridized carbons (Fsp3) is 0.250. The van der Waals surface area contributed by atoms with E-state index >= 15 is 0 Å². The number of aliphatic imine (C=N–C) groups is 1. The molecule has 2 aromatic rings. The molecule has 192 valence electrons. The minimum atomic E-state index is -0.505. The number of hydroxylamine groups is 2. The third-order valence-corrected chi connectivity index (χ3v) is 5.47. The molecule has 2 aliphatic rings. The van der Waals surface area contributed by atoms with E-state index in [1.165, 1.54) is 5.06 Å². The van der Waals surface area contributed by atoms with Crippen molar-refractivity contribution in [1.29, 1.82) is 5.41 Å². The van der Waals surface area contributed by atoms with Gasteiger partial charge in [-0.05, 0) is 61.7 Å². The first-order valence-electron chi connectivity index (χ1n) is 11.8. The van der Waals surface area contributed by atoms with Crippen LogP contribution in [0.4, 0.5) is 0 Å². The second kappa shape index (κ2) is 11.5. The molecule has 0 spiro atoms. The van der Waals surface area contributed by atoms with E-state index in [-0.39, 0.29) is 18.0 Å². The van der Waals surface area contributed by atoms with Crippen molar-refractivity contribution in [3.8, 4) is 23.0 Å². The third kappa shape index (κ3) is 5.83. The van der Waals surface area contributed by atoms with Crippen molar-refractivity contribution in [3.63, 3.8) is 0 Å². The van der Waals surface area contributed by atoms with Gasteiger partial charge in [0, 0.05) is 6.08 Å². The van der Waals surface area contributed by atoms with Gasteiger partial charge in [-0.2, -0.15) is 4.99 Å². The van der Waals surface area contributed by atoms with Crippen LogP contribution in [0.15, 0.2) is 71.5 Å². The summed E-state index contributed by atoms with van der Waals surface area (Å²) in [6, 6.07) is 11.0. The van der Waals surface area contributed by atoms with Crippen molar-refractivity contribution in [2.24, 2.45) is 4.99 Å². The van der Waals surface area contributed by atoms with Gasteiger partial charge in [-0.25, -0.2) is 0 Å². The van der Waals surface area contributed by atoms with Gasteiger partial charge in [0.1, 0.15) is 19.0 Å². The zero-order valence-corrected chi connectivity index (χ0v) is 21.1. The number of carbonyl (C=O) groups is 1. The fourth-order valence-corrected chi connectivity index (χ4v) is 3.80. The summed E-state index contributed by atoms with van der Waals surface area (Å²) in [6.45, 7) is 8.36. The van der Waals surface area contributed by atoms with Crippen LogP contribution in [-0.2, 0) is 16.1 Å². The molecule has 0 saturated carbocycles. The van der Waals surface area contributed by atoms with Crippen molar-refractivity contribution >= 4 is 23.7 Å². The summed E-state index contributed by atoms with van der Waals surface area (Å²) in [5.74, 6) is 2.60. The second-order valence-electron chi connectivity index (χ2n) is 8.14. The lowest BCUT2D eigenvalue weighted by Crippen LogP contribution is -2.38. The largest absolute Gasteiger partial charge is 0.493 e. The van der Waals surface area contributed by atoms with Crippen LogP contribution >= 0.6 is 0 Å². The van der Waals surface area contributed by atoms with Crippen LogP contribution in [0.25, 0.3) is 6.08 Å². The summed E-state index contributed by atoms with van der Waals surface area (Å²) in [5, 5.41) is 9.61. The van der Waals surface area contributed by atoms with Gasteiger partial charge in [0.15, 0.2) is 34.7 Å². The molecule has 9 nitrogen and oxygen atoms in total. The van der Waals surface area contributed by atoms with Crippen molar-refractivity contribution in [2.45, 2.75) is 20.3 Å². The smallest absolute Gasteiger partial charge is 0.282 e. The molecule has 0 aliphatic carbocycles. The lowest BCUT2D eigenvalue weighted by atomic mass is 10.1. The first-order valence-corrected chi connectivity index (χ1v) is 11.8. The molecule has 0 radical (unpaired) electrons. The predicted octanol–water partition coefficient (Wildman–Crippen LogP) is 4.73. The average molecular weight is 504 g/mol. The van der Waals surface area contributed by atoms with Gasteiger partial charge in [-0.1, -0.05) is 18.2 Å². The standard InChI is InChI=1S/C28H29N3O6/c1-5-7-19-8-10-22(24(16-19)33-4)35-12-13-36-23-11-9-20(17-25(23)34-6-2)15-21-27(29)31-26(30-28(21)32)14-18(3)37-31/h5,8-11,14-17,29H,1,6-7,12-13H2,2-4H3/b21-15+,29-27?. The molecule has 0 saturated heterocycles. The average Bonchev–Trinajstić information content (AvgIpc) is 3.26. The molecule has 4 rings (SSSR count). The monoisotopic (exact) mass is 503 g/mol. The van der Waals surface area contributed by atoms with Crippen molar-refractivity contribution in [2.75, 3.05) is 26.9 Å². The van der Waals surface area contributed by atoms with Gasteiger partial charge >= 0.3 is 0 Å². The van der Waals surface area contributed by atoms with Crippen LogP contribution in [-0.4, -0.2) is 49.6 Å². The third-order valence-electron chi connectivity index (χ3n) is 5.47. The van der Waals surface area contributed by atoms with E-state index < -0.39 is 5.91 Å². The van der Waals surface area contributed by atoms with Crippen molar-refractivity contribution in [3.05, 3.63) is 77.6 Å². The van der Waals surface area contributed by atoms with Crippen LogP contribution in [0.3, 0.4) is 0 Å². The Balaban J connectivity index is 1.43. The molecule has 2 heterocycles. The Morgan fingerprint density at radius 1 is 1.05 bits per heavy atom. The number of carbonyl (C=O) groups excluding carboxylic acids is 1. The Morgan fingerprint density at radius 3 is 2.49 bits per heavy atom. The number of benzene rings is 2. The maximum Gasteiger partial charge on any atom is 0.282 e. The van der Waals surface area contributed by atoms with Gasteiger partial charge in [0.25, 0.3) is 5.91 Å². The van der Waals surface area contributed by atoms with Gasteiger partial charge in [-0.15, -0.1) is 11.6 Å². The Bertz CT molecular complexity index is 1310. The van der Waals surface area contributed by atoms with Crippen LogP contribution in [0.5, 0.6) is 23.0 Å². The number of amidine groups is 2. The highest BCUT2D eigenvalue weighted by atomic mass is 16.7. The lowest BCUT2D eigenvalue weighted by Gasteiger charge is -2.23. The normalized spacial score (nSPS) is 15.5. The number of hydrogen-bond donors (Lipinski definition) is 1. The molecule has 37 heavy (non-hydrogen) atoms. The summed E-state index contributed by atoms with van der Waals surface area (Å²) in [7, 11) is 1.60. The molecule has 0 aromatic heterocycles. The number of hydrogen-bond acceptors (Lipinski definition) is 7. The van der Waals surface area contributed by atoms with E-state index in [1.54, 1.807) is 44.4 Å². The summed E-state index contributed by atoms with van der Waals surface area (Å²) in [5.41, 5.74) is 1.86. The predicted molar refractivity (Wildman–Crippen MR) is 140 cm³/mol. The number of nitrogens with zero attached hydrogens (tertiary/aromatic N) is 2. The SMILES string of the molecule is C=CCc1ccc(OCCOc2ccc(/C=C3\C(=N)N4OC(C)=CC4=NC3=O)cc2OCC)c(OC)c1. The number of ether oxygens (including phenoxy) is 4. The highest BCUT2D eigenvalue weighted by Crippen LogP contribution is 2.31. The van der Waals surface area contributed by atoms with Crippen LogP contribution in [0.2, 0.25) is 0 Å². The lowest BCUT2D eigenvalue weighted by molar-refractivity contribution is -0.114. The number of fused-ring (bicyclic) bond motifs is 1. The van der Waals surface area contributed by atoms with Crippen LogP contribution in [0.1, 0.15) is 25.0 Å². The summed E-state index contributed by atoms with van der Waals surface area (Å²) in [4.78, 5) is 22.0. The summed E-state index contributed by atoms with van der Waals surface area (Å²) in [6.07, 6.45) is 5.78. The summed E-state index contributed by atoms with van der Waals surface area (Å²) >= 11 is 0. The highest BCUT2D eigenvalue weighted by molar-refractivity contribution is 6.32. The topological polar surface area (TPSA) is 103 Å². The molecular formula is C28H29N3O6. The number of allylic oxidation sites excluding steroid dienone is 2. The van der Waals surface area contributed by atoms with Gasteiger partial charge in [0.2, 0.25) is 0 Å². The number of nitrogens with one attached hydrogen (secondary N) is 1. The minimum Gasteiger partial charge on any atom is -0.493 e. The molecule has 1 N–H and O–H groups in total. The molecular weight excluding hydrogens is 474 g/mol. The minimum absolute atomic E-state index is 0.0773. The van der Waals surface area contributed by atoms with Gasteiger partial charge in [-0.3, -0.25) is 10.2 Å². The first-order chi connectivity index (χ1) is 17.9. The summed E-state index contributed by atoms with van der Waals surface area (Å²) < 4.78 is 23.0. The van der Waals surface area contributed by atoms with Crippen molar-refractivity contribution in [1.82, 2.24) is 5.06 Å². The van der Waals surface area contributed by atoms with E-state index in [0.717, 1.165) is 12.0 Å². The highest BCUT2D eigenvalue weighted by Gasteiger charge is 2.34. The zero-order valence-electron chi connectivity index (χ0n) is 21.1. The van der Waals surface area contributed by atoms with Crippen molar-refractivity contribution < 1.29 is 28.6 Å². The Morgan fingerprint density at radius 2 is 1.78 bits per heavy atom. The molecule has 0 unspecified atom stereocenters.